The highest BCUT2D eigenvalue weighted by atomic mass is 32.2. The fourth-order valence-electron chi connectivity index (χ4n) is 6.37. The minimum Gasteiger partial charge on any atom is -0.772 e. The first kappa shape index (κ1) is 30.4. The Morgan fingerprint density at radius 3 is 2.23 bits per heavy atom. The molecule has 0 aromatic rings. The minimum absolute atomic E-state index is 0.0342. The lowest BCUT2D eigenvalue weighted by Crippen LogP contribution is -2.61. The Balaban J connectivity index is 1.41. The van der Waals surface area contributed by atoms with Gasteiger partial charge >= 0.3 is 6.03 Å². The lowest BCUT2D eigenvalue weighted by Gasteiger charge is -2.40. The van der Waals surface area contributed by atoms with Gasteiger partial charge < -0.3 is 30.7 Å². The summed E-state index contributed by atoms with van der Waals surface area (Å²) in [6.45, 7) is -0.0928. The molecule has 1 saturated heterocycles. The highest BCUT2D eigenvalue weighted by Gasteiger charge is 2.42. The largest absolute Gasteiger partial charge is 0.772 e. The Hall–Kier alpha value is -2.54. The highest BCUT2D eigenvalue weighted by Crippen LogP contribution is 2.31. The highest BCUT2D eigenvalue weighted by molar-refractivity contribution is 7.79. The van der Waals surface area contributed by atoms with Crippen LogP contribution >= 0.6 is 0 Å². The van der Waals surface area contributed by atoms with E-state index in [9.17, 15) is 32.7 Å². The second-order valence-corrected chi connectivity index (χ2v) is 12.7. The van der Waals surface area contributed by atoms with Gasteiger partial charge in [-0.2, -0.15) is 0 Å². The van der Waals surface area contributed by atoms with Crippen LogP contribution in [0.3, 0.4) is 0 Å². The van der Waals surface area contributed by atoms with Gasteiger partial charge in [0.2, 0.25) is 17.6 Å². The molecule has 4 fully saturated rings. The van der Waals surface area contributed by atoms with Crippen molar-refractivity contribution in [2.24, 2.45) is 5.92 Å². The summed E-state index contributed by atoms with van der Waals surface area (Å²) in [5, 5.41) is 10.9. The van der Waals surface area contributed by atoms with Crippen molar-refractivity contribution in [3.63, 3.8) is 0 Å². The maximum Gasteiger partial charge on any atom is 0.315 e. The molecule has 40 heavy (non-hydrogen) atoms. The standard InChI is InChI=1S/C27H43N5O7S/c33-21(24(35)29-19-11-12-19)16-28-23(34)20-10-7-15-32(20)25(36)22(18-8-3-1-4-9-18)30-26(37)31-27(17-40(38)39)13-5-2-6-14-27/h18-20,22H,1-17H2,(H,28,34)(H,29,35)(H,38,39)(H2,30,31,37)/p-1/t20-,22-/m0/s1. The summed E-state index contributed by atoms with van der Waals surface area (Å²) in [6, 6.07) is -2.18. The molecule has 0 radical (unpaired) electrons. The quantitative estimate of drug-likeness (QED) is 0.206. The summed E-state index contributed by atoms with van der Waals surface area (Å²) >= 11 is -2.33. The van der Waals surface area contributed by atoms with Gasteiger partial charge in [-0.1, -0.05) is 49.6 Å². The average Bonchev–Trinajstić information content (AvgIpc) is 3.61. The summed E-state index contributed by atoms with van der Waals surface area (Å²) in [4.78, 5) is 65.7. The molecule has 1 aliphatic heterocycles. The van der Waals surface area contributed by atoms with Crippen LogP contribution in [-0.2, 0) is 30.3 Å². The van der Waals surface area contributed by atoms with Gasteiger partial charge in [-0.25, -0.2) is 4.79 Å². The zero-order valence-corrected chi connectivity index (χ0v) is 23.9. The molecular weight excluding hydrogens is 538 g/mol. The number of likely N-dealkylation sites (tertiary alicyclic amines) is 1. The lowest BCUT2D eigenvalue weighted by molar-refractivity contribution is -0.142. The number of carbonyl (C=O) groups is 5. The number of hydrogen-bond donors (Lipinski definition) is 4. The molecule has 224 valence electrons. The molecule has 4 N–H and O–H groups in total. The van der Waals surface area contributed by atoms with Crippen molar-refractivity contribution in [2.75, 3.05) is 18.8 Å². The van der Waals surface area contributed by atoms with Crippen molar-refractivity contribution in [1.29, 1.82) is 0 Å². The van der Waals surface area contributed by atoms with Crippen molar-refractivity contribution in [1.82, 2.24) is 26.2 Å². The predicted octanol–water partition coefficient (Wildman–Crippen LogP) is 0.771. The van der Waals surface area contributed by atoms with E-state index in [-0.39, 0.29) is 23.6 Å². The molecule has 5 amide bonds. The Morgan fingerprint density at radius 2 is 1.57 bits per heavy atom. The summed E-state index contributed by atoms with van der Waals surface area (Å²) in [6.07, 6.45) is 10.9. The minimum atomic E-state index is -2.33. The molecule has 0 aromatic heterocycles. The van der Waals surface area contributed by atoms with Crippen LogP contribution in [0.5, 0.6) is 0 Å². The second-order valence-electron chi connectivity index (χ2n) is 11.8. The van der Waals surface area contributed by atoms with Crippen LogP contribution in [-0.4, -0.2) is 85.7 Å². The van der Waals surface area contributed by atoms with Crippen molar-refractivity contribution in [3.05, 3.63) is 0 Å². The maximum absolute atomic E-state index is 13.9. The number of rotatable bonds is 11. The smallest absolute Gasteiger partial charge is 0.315 e. The third-order valence-corrected chi connectivity index (χ3v) is 9.47. The number of amides is 5. The molecule has 3 aliphatic carbocycles. The van der Waals surface area contributed by atoms with Crippen LogP contribution in [0.2, 0.25) is 0 Å². The van der Waals surface area contributed by atoms with Gasteiger partial charge in [-0.3, -0.25) is 23.4 Å². The van der Waals surface area contributed by atoms with Gasteiger partial charge in [0.15, 0.2) is 0 Å². The maximum atomic E-state index is 13.9. The van der Waals surface area contributed by atoms with Gasteiger partial charge in [0.05, 0.1) is 12.1 Å². The van der Waals surface area contributed by atoms with Crippen LogP contribution in [0.1, 0.15) is 89.9 Å². The van der Waals surface area contributed by atoms with Crippen molar-refractivity contribution >= 4 is 40.6 Å². The van der Waals surface area contributed by atoms with E-state index < -0.39 is 58.9 Å². The van der Waals surface area contributed by atoms with Gasteiger partial charge in [-0.15, -0.1) is 0 Å². The Bertz CT molecular complexity index is 992. The monoisotopic (exact) mass is 580 g/mol. The number of nitrogens with one attached hydrogen (secondary N) is 4. The Labute approximate surface area is 237 Å². The summed E-state index contributed by atoms with van der Waals surface area (Å²) in [7, 11) is 0. The molecule has 4 rings (SSSR count). The van der Waals surface area contributed by atoms with Gasteiger partial charge in [0.1, 0.15) is 12.1 Å². The Kier molecular flexibility index (Phi) is 10.6. The van der Waals surface area contributed by atoms with Crippen LogP contribution in [0.15, 0.2) is 0 Å². The zero-order valence-electron chi connectivity index (χ0n) is 23.0. The molecule has 0 bridgehead atoms. The molecule has 3 saturated carbocycles. The van der Waals surface area contributed by atoms with Crippen LogP contribution < -0.4 is 21.3 Å². The SMILES string of the molecule is O=C(N[C@H](C(=O)N1CCC[C@H]1C(=O)NCC(=O)C(=O)NC1CC1)C1CCCCC1)NC1(CS(=O)[O-])CCCCC1. The van der Waals surface area contributed by atoms with Crippen LogP contribution in [0.25, 0.3) is 0 Å². The molecule has 0 aromatic carbocycles. The first-order valence-electron chi connectivity index (χ1n) is 14.7. The summed E-state index contributed by atoms with van der Waals surface area (Å²) in [5.74, 6) is -2.56. The summed E-state index contributed by atoms with van der Waals surface area (Å²) in [5.41, 5.74) is -0.858. The van der Waals surface area contributed by atoms with E-state index >= 15 is 0 Å². The topological polar surface area (TPSA) is 177 Å². The van der Waals surface area contributed by atoms with E-state index in [2.05, 4.69) is 21.3 Å². The molecule has 13 heteroatoms. The van der Waals surface area contributed by atoms with Crippen LogP contribution in [0.4, 0.5) is 4.79 Å². The van der Waals surface area contributed by atoms with Gasteiger partial charge in [0, 0.05) is 18.3 Å². The van der Waals surface area contributed by atoms with E-state index in [1.165, 1.54) is 4.90 Å². The second kappa shape index (κ2) is 13.9. The number of hydrogen-bond acceptors (Lipinski definition) is 7. The van der Waals surface area contributed by atoms with E-state index in [0.717, 1.165) is 64.2 Å². The summed E-state index contributed by atoms with van der Waals surface area (Å²) < 4.78 is 23.1. The molecular formula is C27H42N5O7S-. The third kappa shape index (κ3) is 8.25. The third-order valence-electron chi connectivity index (χ3n) is 8.68. The zero-order chi connectivity index (χ0) is 28.7. The number of Topliss-reactive ketones (excluding diaryl/α,β-unsaturated/α-hetero) is 1. The normalized spacial score (nSPS) is 24.4. The van der Waals surface area contributed by atoms with Crippen molar-refractivity contribution < 1.29 is 32.7 Å². The molecule has 0 spiro atoms. The van der Waals surface area contributed by atoms with Crippen molar-refractivity contribution in [3.8, 4) is 0 Å². The number of carbonyl (C=O) groups excluding carboxylic acids is 5. The first-order chi connectivity index (χ1) is 19.2. The average molecular weight is 581 g/mol. The van der Waals surface area contributed by atoms with Gasteiger partial charge in [-0.05, 0) is 57.3 Å². The lowest BCUT2D eigenvalue weighted by atomic mass is 9.82. The molecule has 1 unspecified atom stereocenters. The molecule has 1 heterocycles. The van der Waals surface area contributed by atoms with Crippen molar-refractivity contribution in [2.45, 2.75) is 114 Å². The predicted molar refractivity (Wildman–Crippen MR) is 146 cm³/mol. The number of nitrogens with zero attached hydrogens (tertiary/aromatic N) is 1. The molecule has 4 aliphatic rings. The van der Waals surface area contributed by atoms with Crippen LogP contribution in [0, 0.1) is 5.92 Å². The molecule has 3 atom stereocenters. The number of ketones is 1. The Morgan fingerprint density at radius 1 is 0.900 bits per heavy atom. The fourth-order valence-corrected chi connectivity index (χ4v) is 7.18. The number of urea groups is 1. The fraction of sp³-hybridized carbons (Fsp3) is 0.815. The van der Waals surface area contributed by atoms with E-state index in [4.69, 9.17) is 0 Å². The van der Waals surface area contributed by atoms with E-state index in [1.54, 1.807) is 0 Å². The first-order valence-corrected chi connectivity index (χ1v) is 16.0. The van der Waals surface area contributed by atoms with E-state index in [0.29, 0.717) is 32.2 Å². The van der Waals surface area contributed by atoms with Gasteiger partial charge in [0.25, 0.3) is 5.91 Å². The van der Waals surface area contributed by atoms with E-state index in [1.807, 2.05) is 0 Å². The molecule has 12 nitrogen and oxygen atoms in total.